The Balaban J connectivity index is 1.65. The second kappa shape index (κ2) is 9.77. The van der Waals surface area contributed by atoms with Crippen LogP contribution in [0.2, 0.25) is 0 Å². The molecule has 0 unspecified atom stereocenters. The van der Waals surface area contributed by atoms with Crippen LogP contribution < -0.4 is 19.7 Å². The minimum atomic E-state index is -3.83. The van der Waals surface area contributed by atoms with Crippen LogP contribution >= 0.6 is 0 Å². The molecule has 178 valence electrons. The number of hydrogen-bond acceptors (Lipinski definition) is 5. The van der Waals surface area contributed by atoms with Crippen molar-refractivity contribution in [2.75, 3.05) is 23.3 Å². The Morgan fingerprint density at radius 1 is 1.00 bits per heavy atom. The second-order valence-electron chi connectivity index (χ2n) is 8.58. The van der Waals surface area contributed by atoms with E-state index in [0.29, 0.717) is 23.5 Å². The first kappa shape index (κ1) is 23.6. The van der Waals surface area contributed by atoms with E-state index in [4.69, 9.17) is 4.74 Å². The molecule has 1 amide bonds. The highest BCUT2D eigenvalue weighted by Gasteiger charge is 2.23. The zero-order valence-electron chi connectivity index (χ0n) is 19.5. The van der Waals surface area contributed by atoms with Crippen LogP contribution in [0, 0.1) is 0 Å². The zero-order chi connectivity index (χ0) is 24.3. The normalized spacial score (nSPS) is 13.4. The molecule has 0 spiro atoms. The van der Waals surface area contributed by atoms with E-state index in [1.807, 2.05) is 32.0 Å². The van der Waals surface area contributed by atoms with E-state index in [2.05, 4.69) is 27.1 Å². The van der Waals surface area contributed by atoms with E-state index >= 15 is 0 Å². The standard InChI is InChI=1S/C26H29N3O4S/c1-18(2)27-26(30)24-16-21(28-34(31,32)23-11-9-22(33-3)10-12-23)8-13-25(24)29-15-14-19-6-4-5-7-20(19)17-29/h4-13,16,18,28H,14-15,17H2,1-3H3,(H,27,30). The van der Waals surface area contributed by atoms with E-state index in [1.165, 1.54) is 30.4 Å². The van der Waals surface area contributed by atoms with Crippen molar-refractivity contribution in [3.8, 4) is 5.75 Å². The third kappa shape index (κ3) is 5.17. The molecular formula is C26H29N3O4S. The number of carbonyl (C=O) groups excluding carboxylic acids is 1. The van der Waals surface area contributed by atoms with Crippen molar-refractivity contribution in [3.05, 3.63) is 83.4 Å². The second-order valence-corrected chi connectivity index (χ2v) is 10.3. The van der Waals surface area contributed by atoms with E-state index in [1.54, 1.807) is 24.3 Å². The van der Waals surface area contributed by atoms with Gasteiger partial charge in [0.25, 0.3) is 15.9 Å². The monoisotopic (exact) mass is 479 g/mol. The molecule has 34 heavy (non-hydrogen) atoms. The molecule has 8 heteroatoms. The zero-order valence-corrected chi connectivity index (χ0v) is 20.4. The van der Waals surface area contributed by atoms with Crippen molar-refractivity contribution in [2.24, 2.45) is 0 Å². The van der Waals surface area contributed by atoms with Gasteiger partial charge in [-0.3, -0.25) is 9.52 Å². The summed E-state index contributed by atoms with van der Waals surface area (Å²) in [7, 11) is -2.31. The van der Waals surface area contributed by atoms with Crippen LogP contribution in [0.15, 0.2) is 71.6 Å². The van der Waals surface area contributed by atoms with Crippen molar-refractivity contribution in [2.45, 2.75) is 37.8 Å². The highest BCUT2D eigenvalue weighted by atomic mass is 32.2. The van der Waals surface area contributed by atoms with Crippen LogP contribution in [0.1, 0.15) is 35.3 Å². The van der Waals surface area contributed by atoms with Gasteiger partial charge in [-0.2, -0.15) is 0 Å². The summed E-state index contributed by atoms with van der Waals surface area (Å²) in [6.45, 7) is 5.25. The molecule has 1 aliphatic heterocycles. The van der Waals surface area contributed by atoms with Gasteiger partial charge in [-0.15, -0.1) is 0 Å². The smallest absolute Gasteiger partial charge is 0.261 e. The van der Waals surface area contributed by atoms with E-state index in [9.17, 15) is 13.2 Å². The summed E-state index contributed by atoms with van der Waals surface area (Å²) >= 11 is 0. The maximum atomic E-state index is 13.1. The number of sulfonamides is 1. The molecule has 0 bridgehead atoms. The first-order valence-electron chi connectivity index (χ1n) is 11.2. The van der Waals surface area contributed by atoms with Gasteiger partial charge in [-0.05, 0) is 73.9 Å². The summed E-state index contributed by atoms with van der Waals surface area (Å²) in [6, 6.07) is 19.5. The van der Waals surface area contributed by atoms with Crippen LogP contribution in [0.3, 0.4) is 0 Å². The van der Waals surface area contributed by atoms with Crippen LogP contribution in [0.25, 0.3) is 0 Å². The Hall–Kier alpha value is -3.52. The van der Waals surface area contributed by atoms with Gasteiger partial charge >= 0.3 is 0 Å². The maximum absolute atomic E-state index is 13.1. The largest absolute Gasteiger partial charge is 0.497 e. The molecule has 0 aliphatic carbocycles. The van der Waals surface area contributed by atoms with Crippen molar-refractivity contribution >= 4 is 27.3 Å². The summed E-state index contributed by atoms with van der Waals surface area (Å²) in [5.74, 6) is 0.327. The summed E-state index contributed by atoms with van der Waals surface area (Å²) in [4.78, 5) is 15.4. The van der Waals surface area contributed by atoms with Crippen LogP contribution in [-0.4, -0.2) is 34.0 Å². The Morgan fingerprint density at radius 3 is 2.38 bits per heavy atom. The fourth-order valence-corrected chi connectivity index (χ4v) is 5.12. The number of amides is 1. The molecule has 7 nitrogen and oxygen atoms in total. The lowest BCUT2D eigenvalue weighted by Gasteiger charge is -2.32. The van der Waals surface area contributed by atoms with Crippen LogP contribution in [-0.2, 0) is 23.0 Å². The molecule has 0 saturated carbocycles. The summed E-state index contributed by atoms with van der Waals surface area (Å²) in [5, 5.41) is 2.94. The van der Waals surface area contributed by atoms with E-state index < -0.39 is 10.0 Å². The van der Waals surface area contributed by atoms with Gasteiger partial charge in [0.2, 0.25) is 0 Å². The first-order chi connectivity index (χ1) is 16.3. The molecule has 3 aromatic rings. The fraction of sp³-hybridized carbons (Fsp3) is 0.269. The molecule has 0 atom stereocenters. The average molecular weight is 480 g/mol. The molecule has 4 rings (SSSR count). The van der Waals surface area contributed by atoms with Crippen molar-refractivity contribution < 1.29 is 17.9 Å². The number of nitrogens with one attached hydrogen (secondary N) is 2. The lowest BCUT2D eigenvalue weighted by atomic mass is 9.98. The molecule has 3 aromatic carbocycles. The molecule has 0 radical (unpaired) electrons. The predicted octanol–water partition coefficient (Wildman–Crippen LogP) is 4.20. The van der Waals surface area contributed by atoms with Gasteiger partial charge in [0.15, 0.2) is 0 Å². The van der Waals surface area contributed by atoms with Crippen molar-refractivity contribution in [3.63, 3.8) is 0 Å². The van der Waals surface area contributed by atoms with Gasteiger partial charge in [-0.25, -0.2) is 8.42 Å². The van der Waals surface area contributed by atoms with Gasteiger partial charge in [-0.1, -0.05) is 24.3 Å². The first-order valence-corrected chi connectivity index (χ1v) is 12.7. The number of anilines is 2. The number of methoxy groups -OCH3 is 1. The Kier molecular flexibility index (Phi) is 6.79. The Labute approximate surface area is 200 Å². The Bertz CT molecular complexity index is 1290. The van der Waals surface area contributed by atoms with Gasteiger partial charge in [0.05, 0.1) is 17.6 Å². The van der Waals surface area contributed by atoms with Crippen molar-refractivity contribution in [1.82, 2.24) is 5.32 Å². The third-order valence-corrected chi connectivity index (χ3v) is 7.15. The quantitative estimate of drug-likeness (QED) is 0.530. The molecule has 1 heterocycles. The number of hydrogen-bond donors (Lipinski definition) is 2. The molecule has 0 fully saturated rings. The number of ether oxygens (including phenoxy) is 1. The van der Waals surface area contributed by atoms with E-state index in [0.717, 1.165) is 18.7 Å². The number of benzene rings is 3. The predicted molar refractivity (Wildman–Crippen MR) is 134 cm³/mol. The summed E-state index contributed by atoms with van der Waals surface area (Å²) in [6.07, 6.45) is 0.882. The summed E-state index contributed by atoms with van der Waals surface area (Å²) in [5.41, 5.74) is 4.08. The molecule has 0 saturated heterocycles. The van der Waals surface area contributed by atoms with Gasteiger partial charge in [0.1, 0.15) is 5.75 Å². The average Bonchev–Trinajstić information content (AvgIpc) is 2.83. The lowest BCUT2D eigenvalue weighted by Crippen LogP contribution is -2.35. The summed E-state index contributed by atoms with van der Waals surface area (Å²) < 4.78 is 33.5. The highest BCUT2D eigenvalue weighted by Crippen LogP contribution is 2.30. The van der Waals surface area contributed by atoms with E-state index in [-0.39, 0.29) is 16.8 Å². The number of fused-ring (bicyclic) bond motifs is 1. The number of rotatable bonds is 7. The maximum Gasteiger partial charge on any atom is 0.261 e. The number of carbonyl (C=O) groups is 1. The van der Waals surface area contributed by atoms with Crippen LogP contribution in [0.4, 0.5) is 11.4 Å². The number of nitrogens with zero attached hydrogens (tertiary/aromatic N) is 1. The van der Waals surface area contributed by atoms with Crippen molar-refractivity contribution in [1.29, 1.82) is 0 Å². The molecular weight excluding hydrogens is 450 g/mol. The van der Waals surface area contributed by atoms with Crippen LogP contribution in [0.5, 0.6) is 5.75 Å². The topological polar surface area (TPSA) is 87.7 Å². The SMILES string of the molecule is COc1ccc(S(=O)(=O)Nc2ccc(N3CCc4ccccc4C3)c(C(=O)NC(C)C)c2)cc1. The third-order valence-electron chi connectivity index (χ3n) is 5.75. The molecule has 0 aromatic heterocycles. The molecule has 1 aliphatic rings. The molecule has 2 N–H and O–H groups in total. The minimum Gasteiger partial charge on any atom is -0.497 e. The minimum absolute atomic E-state index is 0.0536. The lowest BCUT2D eigenvalue weighted by molar-refractivity contribution is 0.0943. The van der Waals surface area contributed by atoms with Gasteiger partial charge < -0.3 is 15.0 Å². The van der Waals surface area contributed by atoms with Gasteiger partial charge in [0, 0.05) is 30.5 Å². The Morgan fingerprint density at radius 2 is 1.71 bits per heavy atom. The highest BCUT2D eigenvalue weighted by molar-refractivity contribution is 7.92. The fourth-order valence-electron chi connectivity index (χ4n) is 4.07.